The lowest BCUT2D eigenvalue weighted by molar-refractivity contribution is -0.0350. The lowest BCUT2D eigenvalue weighted by Crippen LogP contribution is -2.38. The highest BCUT2D eigenvalue weighted by atomic mass is 16.5. The van der Waals surface area contributed by atoms with Gasteiger partial charge in [0.05, 0.1) is 18.5 Å². The Morgan fingerprint density at radius 2 is 2.08 bits per heavy atom. The number of morpholine rings is 1. The van der Waals surface area contributed by atoms with Gasteiger partial charge in [-0.25, -0.2) is 0 Å². The third-order valence-electron chi connectivity index (χ3n) is 4.69. The molecule has 0 spiro atoms. The first kappa shape index (κ1) is 16.9. The molecule has 2 aromatic rings. The van der Waals surface area contributed by atoms with Crippen molar-refractivity contribution in [1.82, 2.24) is 19.7 Å². The van der Waals surface area contributed by atoms with Crippen LogP contribution >= 0.6 is 0 Å². The van der Waals surface area contributed by atoms with Gasteiger partial charge in [-0.15, -0.1) is 0 Å². The Labute approximate surface area is 144 Å². The van der Waals surface area contributed by atoms with Gasteiger partial charge in [-0.3, -0.25) is 14.6 Å². The first-order valence-electron chi connectivity index (χ1n) is 8.41. The molecule has 0 saturated carbocycles. The summed E-state index contributed by atoms with van der Waals surface area (Å²) in [6.07, 6.45) is 1.99. The van der Waals surface area contributed by atoms with Crippen LogP contribution in [0.5, 0.6) is 0 Å². The van der Waals surface area contributed by atoms with Gasteiger partial charge in [0.15, 0.2) is 0 Å². The molecule has 3 heterocycles. The first-order chi connectivity index (χ1) is 11.4. The SMILES string of the molecule is Cc1cc(N(C)C)cc([C@@H]2CN(Cc3cnn(C)c3C)CCO2)n1. The fourth-order valence-electron chi connectivity index (χ4n) is 3.06. The van der Waals surface area contributed by atoms with Crippen molar-refractivity contribution in [3.8, 4) is 0 Å². The van der Waals surface area contributed by atoms with E-state index in [1.807, 2.05) is 24.9 Å². The fraction of sp³-hybridized carbons (Fsp3) is 0.556. The second kappa shape index (κ2) is 6.91. The fourth-order valence-corrected chi connectivity index (χ4v) is 3.06. The van der Waals surface area contributed by atoms with E-state index in [-0.39, 0.29) is 6.10 Å². The van der Waals surface area contributed by atoms with Gasteiger partial charge in [-0.05, 0) is 26.0 Å². The summed E-state index contributed by atoms with van der Waals surface area (Å²) < 4.78 is 7.94. The minimum absolute atomic E-state index is 0.0225. The largest absolute Gasteiger partial charge is 0.378 e. The van der Waals surface area contributed by atoms with Crippen molar-refractivity contribution >= 4 is 5.69 Å². The van der Waals surface area contributed by atoms with Crippen molar-refractivity contribution in [1.29, 1.82) is 0 Å². The molecule has 1 atom stereocenters. The van der Waals surface area contributed by atoms with E-state index in [0.717, 1.165) is 37.6 Å². The second-order valence-corrected chi connectivity index (χ2v) is 6.76. The average Bonchev–Trinajstić information content (AvgIpc) is 2.86. The second-order valence-electron chi connectivity index (χ2n) is 6.76. The van der Waals surface area contributed by atoms with Crippen LogP contribution in [0.1, 0.15) is 28.7 Å². The van der Waals surface area contributed by atoms with Crippen LogP contribution in [0, 0.1) is 13.8 Å². The smallest absolute Gasteiger partial charge is 0.112 e. The third kappa shape index (κ3) is 3.60. The van der Waals surface area contributed by atoms with E-state index in [2.05, 4.69) is 48.1 Å². The van der Waals surface area contributed by atoms with Gasteiger partial charge in [0, 0.05) is 63.4 Å². The molecule has 1 aliphatic rings. The van der Waals surface area contributed by atoms with Gasteiger partial charge < -0.3 is 9.64 Å². The van der Waals surface area contributed by atoms with Gasteiger partial charge in [0.1, 0.15) is 6.10 Å². The molecule has 6 nitrogen and oxygen atoms in total. The summed E-state index contributed by atoms with van der Waals surface area (Å²) in [7, 11) is 6.09. The number of anilines is 1. The van der Waals surface area contributed by atoms with Crippen molar-refractivity contribution in [2.24, 2.45) is 7.05 Å². The molecule has 0 bridgehead atoms. The van der Waals surface area contributed by atoms with Crippen molar-refractivity contribution in [2.75, 3.05) is 38.7 Å². The molecular weight excluding hydrogens is 302 g/mol. The predicted octanol–water partition coefficient (Wildman–Crippen LogP) is 2.07. The van der Waals surface area contributed by atoms with E-state index in [1.165, 1.54) is 16.9 Å². The first-order valence-corrected chi connectivity index (χ1v) is 8.41. The summed E-state index contributed by atoms with van der Waals surface area (Å²) in [5, 5.41) is 4.34. The summed E-state index contributed by atoms with van der Waals surface area (Å²) >= 11 is 0. The molecule has 0 radical (unpaired) electrons. The number of aryl methyl sites for hydroxylation is 2. The molecule has 0 aliphatic carbocycles. The summed E-state index contributed by atoms with van der Waals surface area (Å²) in [5.74, 6) is 0. The quantitative estimate of drug-likeness (QED) is 0.859. The van der Waals surface area contributed by atoms with Crippen LogP contribution in [0.15, 0.2) is 18.3 Å². The molecule has 130 valence electrons. The summed E-state index contributed by atoms with van der Waals surface area (Å²) in [6, 6.07) is 4.24. The van der Waals surface area contributed by atoms with Gasteiger partial charge >= 0.3 is 0 Å². The Bertz CT molecular complexity index is 709. The summed E-state index contributed by atoms with van der Waals surface area (Å²) in [6.45, 7) is 7.60. The minimum atomic E-state index is 0.0225. The number of aromatic nitrogens is 3. The minimum Gasteiger partial charge on any atom is -0.378 e. The van der Waals surface area contributed by atoms with Crippen LogP contribution in [0.2, 0.25) is 0 Å². The van der Waals surface area contributed by atoms with Crippen LogP contribution in [0.25, 0.3) is 0 Å². The van der Waals surface area contributed by atoms with Crippen LogP contribution < -0.4 is 4.90 Å². The Hall–Kier alpha value is -1.92. The van der Waals surface area contributed by atoms with Gasteiger partial charge in [-0.2, -0.15) is 5.10 Å². The van der Waals surface area contributed by atoms with E-state index < -0.39 is 0 Å². The monoisotopic (exact) mass is 329 g/mol. The maximum atomic E-state index is 6.01. The van der Waals surface area contributed by atoms with Crippen LogP contribution in [0.3, 0.4) is 0 Å². The van der Waals surface area contributed by atoms with E-state index in [4.69, 9.17) is 9.72 Å². The zero-order valence-corrected chi connectivity index (χ0v) is 15.3. The number of ether oxygens (including phenoxy) is 1. The zero-order chi connectivity index (χ0) is 17.3. The highest BCUT2D eigenvalue weighted by Crippen LogP contribution is 2.25. The van der Waals surface area contributed by atoms with E-state index in [0.29, 0.717) is 0 Å². The summed E-state index contributed by atoms with van der Waals surface area (Å²) in [4.78, 5) is 9.25. The molecule has 24 heavy (non-hydrogen) atoms. The number of hydrogen-bond acceptors (Lipinski definition) is 5. The van der Waals surface area contributed by atoms with E-state index in [1.54, 1.807) is 0 Å². The maximum Gasteiger partial charge on any atom is 0.112 e. The molecule has 1 saturated heterocycles. The van der Waals surface area contributed by atoms with Crippen LogP contribution in [0.4, 0.5) is 5.69 Å². The highest BCUT2D eigenvalue weighted by molar-refractivity contribution is 5.47. The van der Waals surface area contributed by atoms with Gasteiger partial charge in [-0.1, -0.05) is 0 Å². The van der Waals surface area contributed by atoms with Crippen molar-refractivity contribution in [2.45, 2.75) is 26.5 Å². The van der Waals surface area contributed by atoms with Gasteiger partial charge in [0.2, 0.25) is 0 Å². The predicted molar refractivity (Wildman–Crippen MR) is 95.2 cm³/mol. The zero-order valence-electron chi connectivity index (χ0n) is 15.3. The lowest BCUT2D eigenvalue weighted by Gasteiger charge is -2.33. The highest BCUT2D eigenvalue weighted by Gasteiger charge is 2.24. The normalized spacial score (nSPS) is 18.8. The Morgan fingerprint density at radius 1 is 1.29 bits per heavy atom. The number of hydrogen-bond donors (Lipinski definition) is 0. The van der Waals surface area contributed by atoms with Crippen molar-refractivity contribution < 1.29 is 4.74 Å². The van der Waals surface area contributed by atoms with Crippen LogP contribution in [-0.2, 0) is 18.3 Å². The maximum absolute atomic E-state index is 6.01. The third-order valence-corrected chi connectivity index (χ3v) is 4.69. The molecule has 0 N–H and O–H groups in total. The Morgan fingerprint density at radius 3 is 2.75 bits per heavy atom. The number of rotatable bonds is 4. The standard InChI is InChI=1S/C18H27N5O/c1-13-8-16(21(3)4)9-17(20-13)18-12-23(6-7-24-18)11-15-10-19-22(5)14(15)2/h8-10,18H,6-7,11-12H2,1-5H3/t18-/m0/s1. The molecule has 0 amide bonds. The molecule has 0 unspecified atom stereocenters. The molecule has 0 aromatic carbocycles. The van der Waals surface area contributed by atoms with E-state index in [9.17, 15) is 0 Å². The molecule has 6 heteroatoms. The molecule has 2 aromatic heterocycles. The lowest BCUT2D eigenvalue weighted by atomic mass is 10.1. The molecular formula is C18H27N5O. The number of nitrogens with zero attached hydrogens (tertiary/aromatic N) is 5. The molecule has 1 aliphatic heterocycles. The Kier molecular flexibility index (Phi) is 4.87. The van der Waals surface area contributed by atoms with E-state index >= 15 is 0 Å². The van der Waals surface area contributed by atoms with Crippen molar-refractivity contribution in [3.63, 3.8) is 0 Å². The van der Waals surface area contributed by atoms with Gasteiger partial charge in [0.25, 0.3) is 0 Å². The molecule has 1 fully saturated rings. The number of pyridine rings is 1. The Balaban J connectivity index is 1.75. The summed E-state index contributed by atoms with van der Waals surface area (Å²) in [5.41, 5.74) is 5.72. The topological polar surface area (TPSA) is 46.4 Å². The average molecular weight is 329 g/mol. The molecule has 3 rings (SSSR count). The van der Waals surface area contributed by atoms with Crippen LogP contribution in [-0.4, -0.2) is 53.5 Å². The van der Waals surface area contributed by atoms with Crippen molar-refractivity contribution in [3.05, 3.63) is 41.0 Å².